The molecule has 0 aliphatic heterocycles. The van der Waals surface area contributed by atoms with Gasteiger partial charge in [-0.05, 0) is 24.6 Å². The maximum Gasteiger partial charge on any atom is 0.141 e. The minimum Gasteiger partial charge on any atom is -0.497 e. The second-order valence-electron chi connectivity index (χ2n) is 4.14. The SMILES string of the molecule is COc1ccc(C#N)c(OC(C)c2ccccc2)c1. The van der Waals surface area contributed by atoms with Crippen molar-refractivity contribution in [3.05, 3.63) is 59.7 Å². The summed E-state index contributed by atoms with van der Waals surface area (Å²) in [4.78, 5) is 0. The van der Waals surface area contributed by atoms with Gasteiger partial charge in [0.05, 0.1) is 12.7 Å². The van der Waals surface area contributed by atoms with Crippen LogP contribution in [0.4, 0.5) is 0 Å². The van der Waals surface area contributed by atoms with Crippen molar-refractivity contribution in [2.75, 3.05) is 7.11 Å². The van der Waals surface area contributed by atoms with Crippen LogP contribution in [0.1, 0.15) is 24.2 Å². The van der Waals surface area contributed by atoms with E-state index in [-0.39, 0.29) is 6.10 Å². The number of nitrogens with zero attached hydrogens (tertiary/aromatic N) is 1. The lowest BCUT2D eigenvalue weighted by atomic mass is 10.1. The van der Waals surface area contributed by atoms with Crippen LogP contribution < -0.4 is 9.47 Å². The van der Waals surface area contributed by atoms with E-state index in [1.807, 2.05) is 37.3 Å². The highest BCUT2D eigenvalue weighted by atomic mass is 16.5. The van der Waals surface area contributed by atoms with Crippen molar-refractivity contribution in [1.82, 2.24) is 0 Å². The largest absolute Gasteiger partial charge is 0.497 e. The first kappa shape index (κ1) is 13.0. The van der Waals surface area contributed by atoms with Gasteiger partial charge in [0.15, 0.2) is 0 Å². The van der Waals surface area contributed by atoms with Crippen molar-refractivity contribution in [3.8, 4) is 17.6 Å². The first-order valence-corrected chi connectivity index (χ1v) is 6.04. The summed E-state index contributed by atoms with van der Waals surface area (Å²) in [6.45, 7) is 1.95. The molecule has 1 atom stereocenters. The Kier molecular flexibility index (Phi) is 4.04. The molecule has 19 heavy (non-hydrogen) atoms. The Morgan fingerprint density at radius 1 is 1.11 bits per heavy atom. The molecule has 0 N–H and O–H groups in total. The van der Waals surface area contributed by atoms with E-state index in [2.05, 4.69) is 6.07 Å². The van der Waals surface area contributed by atoms with E-state index in [0.29, 0.717) is 17.1 Å². The summed E-state index contributed by atoms with van der Waals surface area (Å²) < 4.78 is 11.0. The zero-order valence-corrected chi connectivity index (χ0v) is 11.0. The van der Waals surface area contributed by atoms with Gasteiger partial charge in [0.1, 0.15) is 23.7 Å². The summed E-state index contributed by atoms with van der Waals surface area (Å²) in [5.74, 6) is 1.22. The minimum atomic E-state index is -0.125. The van der Waals surface area contributed by atoms with Gasteiger partial charge < -0.3 is 9.47 Å². The van der Waals surface area contributed by atoms with E-state index in [1.54, 1.807) is 25.3 Å². The molecule has 3 nitrogen and oxygen atoms in total. The third-order valence-corrected chi connectivity index (χ3v) is 2.88. The van der Waals surface area contributed by atoms with Crippen LogP contribution in [0.2, 0.25) is 0 Å². The Hall–Kier alpha value is -2.47. The molecule has 0 fully saturated rings. The van der Waals surface area contributed by atoms with Crippen LogP contribution in [-0.4, -0.2) is 7.11 Å². The molecule has 2 rings (SSSR count). The predicted octanol–water partition coefficient (Wildman–Crippen LogP) is 3.71. The highest BCUT2D eigenvalue weighted by Crippen LogP contribution is 2.28. The van der Waals surface area contributed by atoms with Gasteiger partial charge in [-0.3, -0.25) is 0 Å². The Morgan fingerprint density at radius 3 is 2.47 bits per heavy atom. The molecule has 0 saturated heterocycles. The van der Waals surface area contributed by atoms with E-state index in [4.69, 9.17) is 14.7 Å². The maximum absolute atomic E-state index is 9.09. The van der Waals surface area contributed by atoms with Gasteiger partial charge in [0, 0.05) is 6.07 Å². The topological polar surface area (TPSA) is 42.2 Å². The molecule has 0 saturated carbocycles. The van der Waals surface area contributed by atoms with Crippen LogP contribution in [0, 0.1) is 11.3 Å². The number of nitriles is 1. The summed E-state index contributed by atoms with van der Waals surface area (Å²) in [5, 5.41) is 9.09. The van der Waals surface area contributed by atoms with E-state index in [0.717, 1.165) is 5.56 Å². The number of rotatable bonds is 4. The highest BCUT2D eigenvalue weighted by Gasteiger charge is 2.11. The van der Waals surface area contributed by atoms with Crippen molar-refractivity contribution in [1.29, 1.82) is 5.26 Å². The molecule has 1 unspecified atom stereocenters. The van der Waals surface area contributed by atoms with Gasteiger partial charge in [-0.1, -0.05) is 30.3 Å². The molecule has 2 aromatic rings. The van der Waals surface area contributed by atoms with Crippen LogP contribution in [0.3, 0.4) is 0 Å². The zero-order chi connectivity index (χ0) is 13.7. The van der Waals surface area contributed by atoms with Crippen molar-refractivity contribution in [2.24, 2.45) is 0 Å². The number of benzene rings is 2. The third-order valence-electron chi connectivity index (χ3n) is 2.88. The average molecular weight is 253 g/mol. The second-order valence-corrected chi connectivity index (χ2v) is 4.14. The Morgan fingerprint density at radius 2 is 1.84 bits per heavy atom. The lowest BCUT2D eigenvalue weighted by Crippen LogP contribution is -2.04. The molecule has 0 radical (unpaired) electrons. The molecule has 0 aliphatic rings. The van der Waals surface area contributed by atoms with Crippen LogP contribution in [0.15, 0.2) is 48.5 Å². The number of hydrogen-bond donors (Lipinski definition) is 0. The maximum atomic E-state index is 9.09. The van der Waals surface area contributed by atoms with E-state index in [1.165, 1.54) is 0 Å². The molecular formula is C16H15NO2. The van der Waals surface area contributed by atoms with Gasteiger partial charge in [0.2, 0.25) is 0 Å². The molecule has 0 bridgehead atoms. The molecule has 0 spiro atoms. The van der Waals surface area contributed by atoms with Gasteiger partial charge in [0.25, 0.3) is 0 Å². The monoisotopic (exact) mass is 253 g/mol. The Labute approximate surface area is 113 Å². The normalized spacial score (nSPS) is 11.4. The molecule has 0 heterocycles. The van der Waals surface area contributed by atoms with Crippen LogP contribution in [0.25, 0.3) is 0 Å². The standard InChI is InChI=1S/C16H15NO2/c1-12(13-6-4-3-5-7-13)19-16-10-15(18-2)9-8-14(16)11-17/h3-10,12H,1-2H3. The zero-order valence-electron chi connectivity index (χ0n) is 11.0. The lowest BCUT2D eigenvalue weighted by molar-refractivity contribution is 0.225. The van der Waals surface area contributed by atoms with Gasteiger partial charge in [-0.2, -0.15) is 5.26 Å². The molecule has 96 valence electrons. The van der Waals surface area contributed by atoms with Gasteiger partial charge >= 0.3 is 0 Å². The lowest BCUT2D eigenvalue weighted by Gasteiger charge is -2.16. The Bertz CT molecular complexity index is 587. The molecular weight excluding hydrogens is 238 g/mol. The van der Waals surface area contributed by atoms with Crippen molar-refractivity contribution < 1.29 is 9.47 Å². The fourth-order valence-corrected chi connectivity index (χ4v) is 1.80. The first-order valence-electron chi connectivity index (χ1n) is 6.04. The summed E-state index contributed by atoms with van der Waals surface area (Å²) >= 11 is 0. The van der Waals surface area contributed by atoms with Crippen LogP contribution in [0.5, 0.6) is 11.5 Å². The van der Waals surface area contributed by atoms with Crippen molar-refractivity contribution in [2.45, 2.75) is 13.0 Å². The van der Waals surface area contributed by atoms with E-state index >= 15 is 0 Å². The minimum absolute atomic E-state index is 0.125. The molecule has 0 aliphatic carbocycles. The first-order chi connectivity index (χ1) is 9.24. The van der Waals surface area contributed by atoms with Crippen molar-refractivity contribution >= 4 is 0 Å². The summed E-state index contributed by atoms with van der Waals surface area (Å²) in [6.07, 6.45) is -0.125. The van der Waals surface area contributed by atoms with Crippen molar-refractivity contribution in [3.63, 3.8) is 0 Å². The fraction of sp³-hybridized carbons (Fsp3) is 0.188. The fourth-order valence-electron chi connectivity index (χ4n) is 1.80. The van der Waals surface area contributed by atoms with E-state index < -0.39 is 0 Å². The van der Waals surface area contributed by atoms with Crippen LogP contribution in [-0.2, 0) is 0 Å². The summed E-state index contributed by atoms with van der Waals surface area (Å²) in [5.41, 5.74) is 1.57. The predicted molar refractivity (Wildman–Crippen MR) is 73.2 cm³/mol. The smallest absolute Gasteiger partial charge is 0.141 e. The Balaban J connectivity index is 2.25. The number of hydrogen-bond acceptors (Lipinski definition) is 3. The summed E-state index contributed by atoms with van der Waals surface area (Å²) in [6, 6.07) is 17.2. The second kappa shape index (κ2) is 5.92. The average Bonchev–Trinajstić information content (AvgIpc) is 2.48. The van der Waals surface area contributed by atoms with Crippen LogP contribution >= 0.6 is 0 Å². The third kappa shape index (κ3) is 3.05. The highest BCUT2D eigenvalue weighted by molar-refractivity contribution is 5.47. The molecule has 2 aromatic carbocycles. The summed E-state index contributed by atoms with van der Waals surface area (Å²) in [7, 11) is 1.59. The van der Waals surface area contributed by atoms with E-state index in [9.17, 15) is 0 Å². The molecule has 0 amide bonds. The van der Waals surface area contributed by atoms with Gasteiger partial charge in [-0.15, -0.1) is 0 Å². The number of methoxy groups -OCH3 is 1. The quantitative estimate of drug-likeness (QED) is 0.834. The van der Waals surface area contributed by atoms with Gasteiger partial charge in [-0.25, -0.2) is 0 Å². The number of ether oxygens (including phenoxy) is 2. The molecule has 0 aromatic heterocycles. The molecule has 3 heteroatoms.